The van der Waals surface area contributed by atoms with E-state index in [2.05, 4.69) is 25.2 Å². The zero-order chi connectivity index (χ0) is 22.9. The molecule has 8 nitrogen and oxygen atoms in total. The van der Waals surface area contributed by atoms with Gasteiger partial charge in [0.2, 0.25) is 11.8 Å². The molecule has 3 heterocycles. The maximum atomic E-state index is 13.1. The molecule has 2 aromatic heterocycles. The van der Waals surface area contributed by atoms with Crippen LogP contribution in [0.5, 0.6) is 11.6 Å². The molecule has 1 saturated heterocycles. The summed E-state index contributed by atoms with van der Waals surface area (Å²) in [6, 6.07) is 12.8. The molecule has 1 amide bonds. The molecule has 4 rings (SSSR count). The smallest absolute Gasteiger partial charge is 0.241 e. The average molecular weight is 448 g/mol. The van der Waals surface area contributed by atoms with Crippen molar-refractivity contribution in [1.29, 1.82) is 0 Å². The van der Waals surface area contributed by atoms with Gasteiger partial charge in [-0.3, -0.25) is 9.69 Å². The molecular weight excluding hydrogens is 418 g/mol. The number of carbonyl (C=O) groups excluding carboxylic acids is 1. The van der Waals surface area contributed by atoms with Crippen LogP contribution in [0.2, 0.25) is 0 Å². The van der Waals surface area contributed by atoms with Crippen molar-refractivity contribution in [1.82, 2.24) is 19.9 Å². The first-order valence-corrected chi connectivity index (χ1v) is 11.2. The highest BCUT2D eigenvalue weighted by Crippen LogP contribution is 2.23. The van der Waals surface area contributed by atoms with Crippen molar-refractivity contribution < 1.29 is 14.3 Å². The van der Waals surface area contributed by atoms with Gasteiger partial charge in [0.15, 0.2) is 0 Å². The second-order valence-corrected chi connectivity index (χ2v) is 8.02. The minimum Gasteiger partial charge on any atom is -0.439 e. The summed E-state index contributed by atoms with van der Waals surface area (Å²) in [5.41, 5.74) is 1.65. The summed E-state index contributed by atoms with van der Waals surface area (Å²) < 4.78 is 10.8. The molecule has 0 unspecified atom stereocenters. The Kier molecular flexibility index (Phi) is 7.94. The third-order valence-electron chi connectivity index (χ3n) is 5.56. The van der Waals surface area contributed by atoms with Crippen LogP contribution in [-0.2, 0) is 22.5 Å². The number of likely N-dealkylation sites (tertiary alicyclic amines) is 1. The Morgan fingerprint density at radius 3 is 2.61 bits per heavy atom. The minimum absolute atomic E-state index is 0.0224. The van der Waals surface area contributed by atoms with E-state index in [4.69, 9.17) is 9.47 Å². The van der Waals surface area contributed by atoms with E-state index in [0.29, 0.717) is 31.1 Å². The second kappa shape index (κ2) is 11.5. The summed E-state index contributed by atoms with van der Waals surface area (Å²) in [5, 5.41) is 3.01. The van der Waals surface area contributed by atoms with Gasteiger partial charge in [-0.05, 0) is 37.6 Å². The summed E-state index contributed by atoms with van der Waals surface area (Å²) >= 11 is 0. The molecule has 1 aliphatic rings. The number of rotatable bonds is 9. The maximum absolute atomic E-state index is 13.1. The van der Waals surface area contributed by atoms with Crippen LogP contribution in [-0.4, -0.2) is 52.1 Å². The molecule has 33 heavy (non-hydrogen) atoms. The third kappa shape index (κ3) is 6.57. The van der Waals surface area contributed by atoms with Crippen LogP contribution in [0.15, 0.2) is 61.1 Å². The minimum atomic E-state index is -0.202. The zero-order valence-corrected chi connectivity index (χ0v) is 18.8. The lowest BCUT2D eigenvalue weighted by Gasteiger charge is -2.34. The lowest BCUT2D eigenvalue weighted by Crippen LogP contribution is -2.46. The van der Waals surface area contributed by atoms with E-state index in [1.54, 1.807) is 19.4 Å². The Morgan fingerprint density at radius 1 is 1.06 bits per heavy atom. The van der Waals surface area contributed by atoms with E-state index < -0.39 is 0 Å². The standard InChI is InChI=1S/C25H29N5O3/c1-32-14-12-23-26-15-19(16-27-23)18-30-13-6-5-9-22(30)25(31)29-20-10-11-24(28-17-20)33-21-7-3-2-4-8-21/h2-4,7-8,10-11,15-17,22H,5-6,9,12-14,18H2,1H3,(H,29,31)/t22-/m0/s1. The fourth-order valence-electron chi connectivity index (χ4n) is 3.85. The number of benzene rings is 1. The number of piperidine rings is 1. The highest BCUT2D eigenvalue weighted by Gasteiger charge is 2.29. The van der Waals surface area contributed by atoms with Crippen LogP contribution in [0.3, 0.4) is 0 Å². The van der Waals surface area contributed by atoms with Crippen LogP contribution < -0.4 is 10.1 Å². The monoisotopic (exact) mass is 447 g/mol. The number of carbonyl (C=O) groups is 1. The summed E-state index contributed by atoms with van der Waals surface area (Å²) in [6.07, 6.45) is 8.92. The molecule has 172 valence electrons. The molecule has 3 aromatic rings. The van der Waals surface area contributed by atoms with Crippen molar-refractivity contribution >= 4 is 11.6 Å². The van der Waals surface area contributed by atoms with Crippen LogP contribution in [0.1, 0.15) is 30.7 Å². The Bertz CT molecular complexity index is 1010. The number of pyridine rings is 1. The number of para-hydroxylation sites is 1. The number of nitrogens with zero attached hydrogens (tertiary/aromatic N) is 4. The van der Waals surface area contributed by atoms with Crippen LogP contribution in [0.4, 0.5) is 5.69 Å². The summed E-state index contributed by atoms with van der Waals surface area (Å²) in [6.45, 7) is 2.11. The molecule has 1 aromatic carbocycles. The van der Waals surface area contributed by atoms with Gasteiger partial charge in [-0.2, -0.15) is 0 Å². The first-order valence-electron chi connectivity index (χ1n) is 11.2. The van der Waals surface area contributed by atoms with Gasteiger partial charge in [-0.25, -0.2) is 15.0 Å². The Hall–Kier alpha value is -3.36. The number of ether oxygens (including phenoxy) is 2. The normalized spacial score (nSPS) is 16.3. The number of aromatic nitrogens is 3. The number of anilines is 1. The molecule has 1 aliphatic heterocycles. The van der Waals surface area contributed by atoms with Crippen molar-refractivity contribution in [3.63, 3.8) is 0 Å². The first kappa shape index (κ1) is 22.8. The maximum Gasteiger partial charge on any atom is 0.241 e. The Balaban J connectivity index is 1.35. The summed E-state index contributed by atoms with van der Waals surface area (Å²) in [7, 11) is 1.67. The van der Waals surface area contributed by atoms with Crippen molar-refractivity contribution in [2.24, 2.45) is 0 Å². The highest BCUT2D eigenvalue weighted by atomic mass is 16.5. The molecule has 0 bridgehead atoms. The van der Waals surface area contributed by atoms with Crippen molar-refractivity contribution in [2.75, 3.05) is 25.6 Å². The van der Waals surface area contributed by atoms with Crippen LogP contribution in [0.25, 0.3) is 0 Å². The Morgan fingerprint density at radius 2 is 1.88 bits per heavy atom. The van der Waals surface area contributed by atoms with E-state index >= 15 is 0 Å². The molecule has 0 saturated carbocycles. The fraction of sp³-hybridized carbons (Fsp3) is 0.360. The van der Waals surface area contributed by atoms with E-state index in [1.807, 2.05) is 48.8 Å². The number of nitrogens with one attached hydrogen (secondary N) is 1. The lowest BCUT2D eigenvalue weighted by atomic mass is 10.0. The number of methoxy groups -OCH3 is 1. The van der Waals surface area contributed by atoms with Gasteiger partial charge < -0.3 is 14.8 Å². The molecule has 0 radical (unpaired) electrons. The largest absolute Gasteiger partial charge is 0.439 e. The SMILES string of the molecule is COCCc1ncc(CN2CCCC[C@H]2C(=O)Nc2ccc(Oc3ccccc3)nc2)cn1. The number of hydrogen-bond acceptors (Lipinski definition) is 7. The molecule has 1 fully saturated rings. The van der Waals surface area contributed by atoms with Crippen LogP contribution in [0, 0.1) is 0 Å². The topological polar surface area (TPSA) is 89.5 Å². The second-order valence-electron chi connectivity index (χ2n) is 8.02. The number of amides is 1. The zero-order valence-electron chi connectivity index (χ0n) is 18.8. The van der Waals surface area contributed by atoms with E-state index in [9.17, 15) is 4.79 Å². The molecule has 0 spiro atoms. The summed E-state index contributed by atoms with van der Waals surface area (Å²) in [5.74, 6) is 1.94. The van der Waals surface area contributed by atoms with Gasteiger partial charge in [0.25, 0.3) is 0 Å². The molecular formula is C25H29N5O3. The highest BCUT2D eigenvalue weighted by molar-refractivity contribution is 5.94. The quantitative estimate of drug-likeness (QED) is 0.533. The van der Waals surface area contributed by atoms with Crippen molar-refractivity contribution in [3.8, 4) is 11.6 Å². The van der Waals surface area contributed by atoms with E-state index in [0.717, 1.165) is 42.9 Å². The van der Waals surface area contributed by atoms with Gasteiger partial charge in [0, 0.05) is 44.1 Å². The van der Waals surface area contributed by atoms with E-state index in [1.165, 1.54) is 0 Å². The van der Waals surface area contributed by atoms with Crippen molar-refractivity contribution in [3.05, 3.63) is 72.4 Å². The van der Waals surface area contributed by atoms with E-state index in [-0.39, 0.29) is 11.9 Å². The van der Waals surface area contributed by atoms with Crippen LogP contribution >= 0.6 is 0 Å². The summed E-state index contributed by atoms with van der Waals surface area (Å²) in [4.78, 5) is 28.4. The van der Waals surface area contributed by atoms with Gasteiger partial charge >= 0.3 is 0 Å². The number of hydrogen-bond donors (Lipinski definition) is 1. The fourth-order valence-corrected chi connectivity index (χ4v) is 3.85. The lowest BCUT2D eigenvalue weighted by molar-refractivity contribution is -0.122. The predicted molar refractivity (Wildman–Crippen MR) is 125 cm³/mol. The van der Waals surface area contributed by atoms with Gasteiger partial charge in [-0.1, -0.05) is 24.6 Å². The van der Waals surface area contributed by atoms with Crippen molar-refractivity contribution in [2.45, 2.75) is 38.3 Å². The molecule has 0 aliphatic carbocycles. The predicted octanol–water partition coefficient (Wildman–Crippen LogP) is 3.85. The molecule has 8 heteroatoms. The van der Waals surface area contributed by atoms with Gasteiger partial charge in [-0.15, -0.1) is 0 Å². The van der Waals surface area contributed by atoms with Gasteiger partial charge in [0.05, 0.1) is 24.5 Å². The Labute approximate surface area is 194 Å². The third-order valence-corrected chi connectivity index (χ3v) is 5.56. The average Bonchev–Trinajstić information content (AvgIpc) is 2.86. The first-order chi connectivity index (χ1) is 16.2. The van der Waals surface area contributed by atoms with Gasteiger partial charge in [0.1, 0.15) is 11.6 Å². The molecule has 1 N–H and O–H groups in total. The molecule has 1 atom stereocenters.